The van der Waals surface area contributed by atoms with Gasteiger partial charge in [0.05, 0.1) is 5.69 Å². The van der Waals surface area contributed by atoms with Crippen molar-refractivity contribution >= 4 is 38.1 Å². The van der Waals surface area contributed by atoms with E-state index >= 15 is 0 Å². The zero-order valence-electron chi connectivity index (χ0n) is 16.1. The topological polar surface area (TPSA) is 80.5 Å². The SMILES string of the molecule is CC(=O)Oc1c(N=Nc2cccc(COc3ccc(O)cc3)c2)sc2ccccc12. The number of rotatable bonds is 6. The summed E-state index contributed by atoms with van der Waals surface area (Å²) in [5.74, 6) is 0.886. The Balaban J connectivity index is 1.53. The van der Waals surface area contributed by atoms with Crippen molar-refractivity contribution in [3.8, 4) is 17.2 Å². The number of thiophene rings is 1. The summed E-state index contributed by atoms with van der Waals surface area (Å²) < 4.78 is 12.1. The molecule has 0 amide bonds. The molecule has 4 rings (SSSR count). The van der Waals surface area contributed by atoms with Gasteiger partial charge in [-0.1, -0.05) is 24.3 Å². The van der Waals surface area contributed by atoms with Gasteiger partial charge in [0.25, 0.3) is 0 Å². The van der Waals surface area contributed by atoms with Crippen LogP contribution in [0.2, 0.25) is 0 Å². The van der Waals surface area contributed by atoms with Crippen LogP contribution in [0.5, 0.6) is 17.2 Å². The third kappa shape index (κ3) is 4.64. The molecule has 0 aliphatic carbocycles. The molecule has 1 heterocycles. The van der Waals surface area contributed by atoms with E-state index in [9.17, 15) is 9.90 Å². The van der Waals surface area contributed by atoms with Crippen LogP contribution in [0.3, 0.4) is 0 Å². The van der Waals surface area contributed by atoms with Gasteiger partial charge in [0.15, 0.2) is 10.8 Å². The molecule has 1 aromatic heterocycles. The molecule has 0 bridgehead atoms. The first kappa shape index (κ1) is 19.6. The summed E-state index contributed by atoms with van der Waals surface area (Å²) in [4.78, 5) is 11.5. The third-order valence-electron chi connectivity index (χ3n) is 4.19. The highest BCUT2D eigenvalue weighted by Crippen LogP contribution is 2.44. The number of phenolic OH excluding ortho intramolecular Hbond substituents is 1. The molecular formula is C23H18N2O4S. The molecule has 0 atom stereocenters. The fourth-order valence-corrected chi connectivity index (χ4v) is 3.79. The van der Waals surface area contributed by atoms with E-state index in [1.54, 1.807) is 24.3 Å². The zero-order chi connectivity index (χ0) is 20.9. The standard InChI is InChI=1S/C23H18N2O4S/c1-15(26)29-22-20-7-2-3-8-21(20)30-23(22)25-24-17-6-4-5-16(13-17)14-28-19-11-9-18(27)10-12-19/h2-13,27H,14H2,1H3. The second-order valence-corrected chi connectivity index (χ2v) is 7.51. The molecular weight excluding hydrogens is 400 g/mol. The Bertz CT molecular complexity index is 1220. The molecule has 1 N–H and O–H groups in total. The number of ether oxygens (including phenoxy) is 2. The van der Waals surface area contributed by atoms with Crippen molar-refractivity contribution in [2.75, 3.05) is 0 Å². The summed E-state index contributed by atoms with van der Waals surface area (Å²) in [6, 6.07) is 21.7. The van der Waals surface area contributed by atoms with Crippen LogP contribution in [0, 0.1) is 0 Å². The molecule has 0 aliphatic heterocycles. The van der Waals surface area contributed by atoms with Crippen molar-refractivity contribution in [2.24, 2.45) is 10.2 Å². The number of hydrogen-bond donors (Lipinski definition) is 1. The van der Waals surface area contributed by atoms with Crippen LogP contribution in [-0.4, -0.2) is 11.1 Å². The van der Waals surface area contributed by atoms with Gasteiger partial charge in [-0.2, -0.15) is 0 Å². The Morgan fingerprint density at radius 1 is 1.00 bits per heavy atom. The van der Waals surface area contributed by atoms with E-state index in [1.165, 1.54) is 18.3 Å². The van der Waals surface area contributed by atoms with Crippen molar-refractivity contribution in [3.63, 3.8) is 0 Å². The predicted molar refractivity (Wildman–Crippen MR) is 116 cm³/mol. The highest BCUT2D eigenvalue weighted by atomic mass is 32.1. The third-order valence-corrected chi connectivity index (χ3v) is 5.22. The minimum atomic E-state index is -0.400. The smallest absolute Gasteiger partial charge is 0.308 e. The first-order chi connectivity index (χ1) is 14.6. The molecule has 0 saturated heterocycles. The minimum Gasteiger partial charge on any atom is -0.508 e. The van der Waals surface area contributed by atoms with Gasteiger partial charge in [0, 0.05) is 17.0 Å². The molecule has 4 aromatic rings. The van der Waals surface area contributed by atoms with E-state index in [4.69, 9.17) is 9.47 Å². The number of fused-ring (bicyclic) bond motifs is 1. The second kappa shape index (κ2) is 8.75. The molecule has 0 saturated carbocycles. The summed E-state index contributed by atoms with van der Waals surface area (Å²) in [7, 11) is 0. The Kier molecular flexibility index (Phi) is 5.72. The van der Waals surface area contributed by atoms with Gasteiger partial charge < -0.3 is 14.6 Å². The number of carbonyl (C=O) groups is 1. The van der Waals surface area contributed by atoms with E-state index in [1.807, 2.05) is 48.5 Å². The summed E-state index contributed by atoms with van der Waals surface area (Å²) in [5, 5.41) is 19.4. The Morgan fingerprint density at radius 3 is 2.60 bits per heavy atom. The fraction of sp³-hybridized carbons (Fsp3) is 0.0870. The maximum absolute atomic E-state index is 11.5. The van der Waals surface area contributed by atoms with Gasteiger partial charge in [-0.05, 0) is 54.1 Å². The average Bonchev–Trinajstić information content (AvgIpc) is 3.09. The van der Waals surface area contributed by atoms with Gasteiger partial charge in [0.1, 0.15) is 18.1 Å². The van der Waals surface area contributed by atoms with Gasteiger partial charge in [0.2, 0.25) is 0 Å². The average molecular weight is 418 g/mol. The van der Waals surface area contributed by atoms with Crippen LogP contribution in [0.1, 0.15) is 12.5 Å². The Morgan fingerprint density at radius 2 is 1.80 bits per heavy atom. The molecule has 6 nitrogen and oxygen atoms in total. The van der Waals surface area contributed by atoms with E-state index in [0.717, 1.165) is 15.6 Å². The summed E-state index contributed by atoms with van der Waals surface area (Å²) in [6.45, 7) is 1.72. The molecule has 7 heteroatoms. The molecule has 3 aromatic carbocycles. The number of azo groups is 1. The number of nitrogens with zero attached hydrogens (tertiary/aromatic N) is 2. The zero-order valence-corrected chi connectivity index (χ0v) is 16.9. The first-order valence-corrected chi connectivity index (χ1v) is 10.0. The second-order valence-electron chi connectivity index (χ2n) is 6.48. The van der Waals surface area contributed by atoms with Crippen molar-refractivity contribution in [3.05, 3.63) is 78.4 Å². The van der Waals surface area contributed by atoms with Gasteiger partial charge in [-0.3, -0.25) is 4.79 Å². The van der Waals surface area contributed by atoms with Gasteiger partial charge in [-0.25, -0.2) is 0 Å². The lowest BCUT2D eigenvalue weighted by Crippen LogP contribution is -2.00. The van der Waals surface area contributed by atoms with Crippen LogP contribution in [0.25, 0.3) is 10.1 Å². The normalized spacial score (nSPS) is 11.1. The van der Waals surface area contributed by atoms with Crippen LogP contribution >= 0.6 is 11.3 Å². The van der Waals surface area contributed by atoms with E-state index < -0.39 is 5.97 Å². The van der Waals surface area contributed by atoms with E-state index in [2.05, 4.69) is 10.2 Å². The van der Waals surface area contributed by atoms with Crippen molar-refractivity contribution in [1.82, 2.24) is 0 Å². The van der Waals surface area contributed by atoms with Gasteiger partial charge >= 0.3 is 5.97 Å². The number of esters is 1. The number of hydrogen-bond acceptors (Lipinski definition) is 7. The number of phenols is 1. The maximum atomic E-state index is 11.5. The Labute approximate surface area is 177 Å². The van der Waals surface area contributed by atoms with Crippen LogP contribution < -0.4 is 9.47 Å². The molecule has 0 aliphatic rings. The van der Waals surface area contributed by atoms with Crippen LogP contribution in [0.4, 0.5) is 10.7 Å². The first-order valence-electron chi connectivity index (χ1n) is 9.21. The summed E-state index contributed by atoms with van der Waals surface area (Å²) >= 11 is 1.42. The largest absolute Gasteiger partial charge is 0.508 e. The summed E-state index contributed by atoms with van der Waals surface area (Å²) in [5.41, 5.74) is 1.59. The lowest BCUT2D eigenvalue weighted by atomic mass is 10.2. The minimum absolute atomic E-state index is 0.194. The molecule has 150 valence electrons. The number of benzene rings is 3. The highest BCUT2D eigenvalue weighted by molar-refractivity contribution is 7.23. The monoisotopic (exact) mass is 418 g/mol. The molecule has 30 heavy (non-hydrogen) atoms. The molecule has 0 spiro atoms. The maximum Gasteiger partial charge on any atom is 0.308 e. The van der Waals surface area contributed by atoms with Crippen LogP contribution in [-0.2, 0) is 11.4 Å². The van der Waals surface area contributed by atoms with Crippen molar-refractivity contribution in [2.45, 2.75) is 13.5 Å². The van der Waals surface area contributed by atoms with Crippen molar-refractivity contribution < 1.29 is 19.4 Å². The molecule has 0 radical (unpaired) electrons. The van der Waals surface area contributed by atoms with E-state index in [-0.39, 0.29) is 5.75 Å². The molecule has 0 fully saturated rings. The lowest BCUT2D eigenvalue weighted by molar-refractivity contribution is -0.131. The predicted octanol–water partition coefficient (Wildman–Crippen LogP) is 6.53. The quantitative estimate of drug-likeness (QED) is 0.285. The van der Waals surface area contributed by atoms with Crippen LogP contribution in [0.15, 0.2) is 83.0 Å². The molecule has 0 unspecified atom stereocenters. The van der Waals surface area contributed by atoms with Crippen molar-refractivity contribution in [1.29, 1.82) is 0 Å². The Hall–Kier alpha value is -3.71. The number of aromatic hydroxyl groups is 1. The fourth-order valence-electron chi connectivity index (χ4n) is 2.84. The summed E-state index contributed by atoms with van der Waals surface area (Å²) in [6.07, 6.45) is 0. The van der Waals surface area contributed by atoms with Gasteiger partial charge in [-0.15, -0.1) is 21.6 Å². The number of carbonyl (C=O) groups excluding carboxylic acids is 1. The van der Waals surface area contributed by atoms with E-state index in [0.29, 0.717) is 28.8 Å². The lowest BCUT2D eigenvalue weighted by Gasteiger charge is -2.06. The highest BCUT2D eigenvalue weighted by Gasteiger charge is 2.15.